The van der Waals surface area contributed by atoms with Gasteiger partial charge < -0.3 is 9.13 Å². The second kappa shape index (κ2) is 11.0. The summed E-state index contributed by atoms with van der Waals surface area (Å²) in [5, 5.41) is 41.0. The molecule has 0 fully saturated rings. The van der Waals surface area contributed by atoms with Crippen molar-refractivity contribution < 1.29 is 9.85 Å². The van der Waals surface area contributed by atoms with Crippen LogP contribution in [-0.2, 0) is 13.1 Å². The van der Waals surface area contributed by atoms with Gasteiger partial charge in [0.2, 0.25) is 0 Å². The number of aryl methyl sites for hydroxylation is 2. The number of pyridine rings is 2. The average molecular weight is 522 g/mol. The van der Waals surface area contributed by atoms with E-state index in [0.29, 0.717) is 28.7 Å². The molecule has 4 aromatic rings. The van der Waals surface area contributed by atoms with E-state index in [0.717, 1.165) is 0 Å². The summed E-state index contributed by atoms with van der Waals surface area (Å²) in [5.41, 5.74) is 0.178. The van der Waals surface area contributed by atoms with E-state index in [1.54, 1.807) is 12.1 Å². The summed E-state index contributed by atoms with van der Waals surface area (Å²) in [6.45, 7) is 0.374. The van der Waals surface area contributed by atoms with Gasteiger partial charge in [0.05, 0.1) is 9.85 Å². The second-order valence-electron chi connectivity index (χ2n) is 8.39. The summed E-state index contributed by atoms with van der Waals surface area (Å²) in [5.74, 6) is 0. The molecule has 4 rings (SSSR count). The molecule has 0 bridgehead atoms. The SMILES string of the molecule is N#Cc1c(-c2ccc([N+](=O)[O-])cc2)ccn(CCCn2ccc(-c3ccc([N+](=O)[O-])cc3)c(C#N)c2=O)c1=O. The van der Waals surface area contributed by atoms with Crippen LogP contribution in [0.25, 0.3) is 22.3 Å². The quantitative estimate of drug-likeness (QED) is 0.246. The molecule has 12 heteroatoms. The number of rotatable bonds is 8. The number of nitriles is 2. The van der Waals surface area contributed by atoms with E-state index in [-0.39, 0.29) is 35.6 Å². The molecule has 2 heterocycles. The van der Waals surface area contributed by atoms with Crippen LogP contribution in [0.5, 0.6) is 0 Å². The van der Waals surface area contributed by atoms with Gasteiger partial charge in [-0.15, -0.1) is 0 Å². The van der Waals surface area contributed by atoms with Crippen LogP contribution in [0, 0.1) is 42.9 Å². The summed E-state index contributed by atoms with van der Waals surface area (Å²) in [7, 11) is 0. The molecule has 12 nitrogen and oxygen atoms in total. The Kier molecular flexibility index (Phi) is 7.40. The van der Waals surface area contributed by atoms with Gasteiger partial charge in [0, 0.05) is 60.9 Å². The van der Waals surface area contributed by atoms with Crippen molar-refractivity contribution in [3.05, 3.63) is 125 Å². The zero-order chi connectivity index (χ0) is 28.1. The van der Waals surface area contributed by atoms with Crippen molar-refractivity contribution in [2.24, 2.45) is 0 Å². The number of hydrogen-bond acceptors (Lipinski definition) is 8. The predicted molar refractivity (Wildman–Crippen MR) is 140 cm³/mol. The monoisotopic (exact) mass is 522 g/mol. The molecule has 0 aliphatic carbocycles. The van der Waals surface area contributed by atoms with E-state index < -0.39 is 21.0 Å². The molecule has 0 radical (unpaired) electrons. The van der Waals surface area contributed by atoms with Crippen molar-refractivity contribution in [2.45, 2.75) is 19.5 Å². The van der Waals surface area contributed by atoms with Crippen molar-refractivity contribution in [1.29, 1.82) is 10.5 Å². The van der Waals surface area contributed by atoms with Gasteiger partial charge in [-0.3, -0.25) is 29.8 Å². The highest BCUT2D eigenvalue weighted by Crippen LogP contribution is 2.25. The Hall–Kier alpha value is -5.88. The van der Waals surface area contributed by atoms with Gasteiger partial charge in [-0.1, -0.05) is 0 Å². The number of nitro groups is 2. The van der Waals surface area contributed by atoms with Crippen LogP contribution < -0.4 is 11.1 Å². The largest absolute Gasteiger partial charge is 0.314 e. The Morgan fingerprint density at radius 1 is 0.641 bits per heavy atom. The summed E-state index contributed by atoms with van der Waals surface area (Å²) in [6, 6.07) is 18.0. The Morgan fingerprint density at radius 3 is 1.31 bits per heavy atom. The fourth-order valence-electron chi connectivity index (χ4n) is 4.13. The van der Waals surface area contributed by atoms with Crippen molar-refractivity contribution in [2.75, 3.05) is 0 Å². The van der Waals surface area contributed by atoms with E-state index >= 15 is 0 Å². The Bertz CT molecular complexity index is 1660. The van der Waals surface area contributed by atoms with Crippen molar-refractivity contribution in [3.63, 3.8) is 0 Å². The molecule has 0 amide bonds. The van der Waals surface area contributed by atoms with Crippen LogP contribution in [0.4, 0.5) is 11.4 Å². The zero-order valence-corrected chi connectivity index (χ0v) is 20.2. The number of nitro benzene ring substituents is 2. The van der Waals surface area contributed by atoms with Crippen LogP contribution in [0.2, 0.25) is 0 Å². The van der Waals surface area contributed by atoms with E-state index in [9.17, 15) is 40.3 Å². The fourth-order valence-corrected chi connectivity index (χ4v) is 4.13. The standard InChI is InChI=1S/C27H18N6O6/c28-16-24-22(18-2-6-20(7-3-18)32(36)37)10-14-30(26(24)34)12-1-13-31-15-11-23(25(17-29)27(31)35)19-4-8-21(9-5-19)33(38)39/h2-11,14-15H,1,12-13H2. The van der Waals surface area contributed by atoms with Crippen LogP contribution in [0.15, 0.2) is 82.6 Å². The lowest BCUT2D eigenvalue weighted by molar-refractivity contribution is -0.385. The van der Waals surface area contributed by atoms with E-state index in [1.807, 2.05) is 12.1 Å². The van der Waals surface area contributed by atoms with Gasteiger partial charge >= 0.3 is 0 Å². The third-order valence-corrected chi connectivity index (χ3v) is 6.13. The van der Waals surface area contributed by atoms with Crippen molar-refractivity contribution in [3.8, 4) is 34.4 Å². The summed E-state index contributed by atoms with van der Waals surface area (Å²) in [6.07, 6.45) is 3.37. The average Bonchev–Trinajstić information content (AvgIpc) is 2.94. The molecular weight excluding hydrogens is 504 g/mol. The van der Waals surface area contributed by atoms with Gasteiger partial charge in [0.25, 0.3) is 22.5 Å². The third kappa shape index (κ3) is 5.30. The lowest BCUT2D eigenvalue weighted by Crippen LogP contribution is -2.26. The van der Waals surface area contributed by atoms with E-state index in [4.69, 9.17) is 0 Å². The maximum absolute atomic E-state index is 12.9. The molecule has 0 saturated heterocycles. The van der Waals surface area contributed by atoms with Crippen LogP contribution in [0.1, 0.15) is 17.5 Å². The van der Waals surface area contributed by atoms with Crippen molar-refractivity contribution >= 4 is 11.4 Å². The van der Waals surface area contributed by atoms with E-state index in [1.165, 1.54) is 70.1 Å². The zero-order valence-electron chi connectivity index (χ0n) is 20.2. The first-order valence-electron chi connectivity index (χ1n) is 11.5. The molecule has 2 aromatic carbocycles. The van der Waals surface area contributed by atoms with Gasteiger partial charge in [0.1, 0.15) is 23.3 Å². The predicted octanol–water partition coefficient (Wildman–Crippen LogP) is 3.99. The van der Waals surface area contributed by atoms with Crippen LogP contribution >= 0.6 is 0 Å². The number of nitrogens with zero attached hydrogens (tertiary/aromatic N) is 6. The third-order valence-electron chi connectivity index (χ3n) is 6.13. The molecule has 0 aliphatic rings. The molecule has 0 atom stereocenters. The smallest absolute Gasteiger partial charge is 0.269 e. The van der Waals surface area contributed by atoms with E-state index in [2.05, 4.69) is 0 Å². The van der Waals surface area contributed by atoms with Gasteiger partial charge in [0.15, 0.2) is 0 Å². The first kappa shape index (κ1) is 26.2. The van der Waals surface area contributed by atoms with Crippen LogP contribution in [0.3, 0.4) is 0 Å². The maximum Gasteiger partial charge on any atom is 0.269 e. The number of hydrogen-bond donors (Lipinski definition) is 0. The summed E-state index contributed by atoms with van der Waals surface area (Å²) in [4.78, 5) is 46.5. The second-order valence-corrected chi connectivity index (χ2v) is 8.39. The minimum absolute atomic E-state index is 0.109. The number of non-ortho nitro benzene ring substituents is 2. The number of aromatic nitrogens is 2. The van der Waals surface area contributed by atoms with Gasteiger partial charge in [-0.25, -0.2) is 0 Å². The molecule has 192 valence electrons. The lowest BCUT2D eigenvalue weighted by atomic mass is 10.0. The molecule has 0 unspecified atom stereocenters. The Labute approximate surface area is 220 Å². The minimum atomic E-state index is -0.541. The number of benzene rings is 2. The molecule has 0 spiro atoms. The first-order chi connectivity index (χ1) is 18.7. The minimum Gasteiger partial charge on any atom is -0.314 e. The van der Waals surface area contributed by atoms with Gasteiger partial charge in [-0.05, 0) is 53.9 Å². The summed E-state index contributed by atoms with van der Waals surface area (Å²) >= 11 is 0. The topological polar surface area (TPSA) is 178 Å². The molecule has 0 aliphatic heterocycles. The highest BCUT2D eigenvalue weighted by atomic mass is 16.6. The molecule has 2 aromatic heterocycles. The van der Waals surface area contributed by atoms with Gasteiger partial charge in [-0.2, -0.15) is 10.5 Å². The van der Waals surface area contributed by atoms with Crippen molar-refractivity contribution in [1.82, 2.24) is 9.13 Å². The maximum atomic E-state index is 12.9. The normalized spacial score (nSPS) is 10.4. The molecule has 0 N–H and O–H groups in total. The molecule has 39 heavy (non-hydrogen) atoms. The summed E-state index contributed by atoms with van der Waals surface area (Å²) < 4.78 is 2.68. The first-order valence-corrected chi connectivity index (χ1v) is 11.5. The highest BCUT2D eigenvalue weighted by molar-refractivity contribution is 5.71. The molecule has 0 saturated carbocycles. The van der Waals surface area contributed by atoms with Crippen LogP contribution in [-0.4, -0.2) is 19.0 Å². The fraction of sp³-hybridized carbons (Fsp3) is 0.111. The Balaban J connectivity index is 1.53. The highest BCUT2D eigenvalue weighted by Gasteiger charge is 2.15. The molecular formula is C27H18N6O6. The lowest BCUT2D eigenvalue weighted by Gasteiger charge is -2.12. The Morgan fingerprint density at radius 2 is 1.00 bits per heavy atom.